The third kappa shape index (κ3) is 3.61. The van der Waals surface area contributed by atoms with E-state index in [1.165, 1.54) is 12.1 Å². The van der Waals surface area contributed by atoms with Crippen molar-refractivity contribution in [2.75, 3.05) is 11.9 Å². The number of rotatable bonds is 5. The molecule has 0 amide bonds. The number of aliphatic hydroxyl groups excluding tert-OH is 1. The van der Waals surface area contributed by atoms with Gasteiger partial charge in [-0.15, -0.1) is 0 Å². The van der Waals surface area contributed by atoms with Gasteiger partial charge in [-0.25, -0.2) is 9.97 Å². The van der Waals surface area contributed by atoms with E-state index in [2.05, 4.69) is 22.2 Å². The number of hydrogen-bond acceptors (Lipinski definition) is 6. The fourth-order valence-electron chi connectivity index (χ4n) is 3.35. The van der Waals surface area contributed by atoms with Crippen LogP contribution in [-0.4, -0.2) is 32.6 Å². The van der Waals surface area contributed by atoms with Crippen molar-refractivity contribution >= 4 is 11.5 Å². The molecule has 1 aliphatic carbocycles. The second kappa shape index (κ2) is 6.76. The van der Waals surface area contributed by atoms with Crippen molar-refractivity contribution in [2.45, 2.75) is 39.2 Å². The standard InChI is InChI=1S/C18H22N4O3/c1-12-10-16(20-15-4-3-9-18(15,2)11-23)21-17(19-12)13-5-7-14(8-6-13)22(24)25/h5-8,10,15,23H,3-4,9,11H2,1-2H3,(H,19,20,21)/t15-,18+/m0/s1. The fraction of sp³-hybridized carbons (Fsp3) is 0.444. The van der Waals surface area contributed by atoms with Gasteiger partial charge in [0.1, 0.15) is 5.82 Å². The number of aromatic nitrogens is 2. The van der Waals surface area contributed by atoms with Gasteiger partial charge in [0.25, 0.3) is 5.69 Å². The van der Waals surface area contributed by atoms with E-state index >= 15 is 0 Å². The van der Waals surface area contributed by atoms with Crippen LogP contribution in [0.2, 0.25) is 0 Å². The largest absolute Gasteiger partial charge is 0.396 e. The van der Waals surface area contributed by atoms with Crippen LogP contribution in [-0.2, 0) is 0 Å². The predicted molar refractivity (Wildman–Crippen MR) is 95.3 cm³/mol. The molecule has 0 unspecified atom stereocenters. The summed E-state index contributed by atoms with van der Waals surface area (Å²) in [6, 6.07) is 8.26. The number of aliphatic hydroxyl groups is 1. The van der Waals surface area contributed by atoms with Crippen LogP contribution in [0.15, 0.2) is 30.3 Å². The van der Waals surface area contributed by atoms with Crippen molar-refractivity contribution in [2.24, 2.45) is 5.41 Å². The lowest BCUT2D eigenvalue weighted by molar-refractivity contribution is -0.384. The van der Waals surface area contributed by atoms with Gasteiger partial charge in [0.2, 0.25) is 0 Å². The molecule has 1 fully saturated rings. The first-order chi connectivity index (χ1) is 11.9. The minimum Gasteiger partial charge on any atom is -0.396 e. The number of hydrogen-bond donors (Lipinski definition) is 2. The summed E-state index contributed by atoms with van der Waals surface area (Å²) in [7, 11) is 0. The zero-order chi connectivity index (χ0) is 18.0. The van der Waals surface area contributed by atoms with Crippen molar-refractivity contribution in [3.05, 3.63) is 46.1 Å². The summed E-state index contributed by atoms with van der Waals surface area (Å²) in [6.07, 6.45) is 3.06. The summed E-state index contributed by atoms with van der Waals surface area (Å²) in [6.45, 7) is 4.12. The normalized spacial score (nSPS) is 22.8. The monoisotopic (exact) mass is 342 g/mol. The van der Waals surface area contributed by atoms with E-state index in [-0.39, 0.29) is 23.8 Å². The summed E-state index contributed by atoms with van der Waals surface area (Å²) < 4.78 is 0. The number of benzene rings is 1. The summed E-state index contributed by atoms with van der Waals surface area (Å²) >= 11 is 0. The SMILES string of the molecule is Cc1cc(N[C@H]2CCC[C@]2(C)CO)nc(-c2ccc([N+](=O)[O-])cc2)n1. The third-order valence-corrected chi connectivity index (χ3v) is 4.96. The lowest BCUT2D eigenvalue weighted by Gasteiger charge is -2.30. The zero-order valence-electron chi connectivity index (χ0n) is 14.4. The van der Waals surface area contributed by atoms with Crippen LogP contribution in [0.5, 0.6) is 0 Å². The van der Waals surface area contributed by atoms with Gasteiger partial charge in [-0.3, -0.25) is 10.1 Å². The van der Waals surface area contributed by atoms with Gasteiger partial charge in [0, 0.05) is 40.9 Å². The van der Waals surface area contributed by atoms with Gasteiger partial charge in [0.15, 0.2) is 5.82 Å². The molecule has 2 atom stereocenters. The van der Waals surface area contributed by atoms with Crippen molar-refractivity contribution in [1.82, 2.24) is 9.97 Å². The first-order valence-electron chi connectivity index (χ1n) is 8.39. The Morgan fingerprint density at radius 3 is 2.72 bits per heavy atom. The molecule has 0 bridgehead atoms. The van der Waals surface area contributed by atoms with Crippen molar-refractivity contribution in [1.29, 1.82) is 0 Å². The first kappa shape index (κ1) is 17.3. The minimum absolute atomic E-state index is 0.0411. The lowest BCUT2D eigenvalue weighted by Crippen LogP contribution is -2.36. The lowest BCUT2D eigenvalue weighted by atomic mass is 9.86. The summed E-state index contributed by atoms with van der Waals surface area (Å²) in [4.78, 5) is 19.4. The number of aryl methyl sites for hydroxylation is 1. The highest BCUT2D eigenvalue weighted by atomic mass is 16.6. The molecule has 2 aromatic rings. The molecule has 3 rings (SSSR count). The molecule has 0 saturated heterocycles. The Balaban J connectivity index is 1.87. The van der Waals surface area contributed by atoms with E-state index in [0.29, 0.717) is 11.6 Å². The molecule has 0 aliphatic heterocycles. The summed E-state index contributed by atoms with van der Waals surface area (Å²) in [5, 5.41) is 23.9. The average molecular weight is 342 g/mol. The first-order valence-corrected chi connectivity index (χ1v) is 8.39. The Kier molecular flexibility index (Phi) is 4.67. The zero-order valence-corrected chi connectivity index (χ0v) is 14.4. The van der Waals surface area contributed by atoms with Gasteiger partial charge in [-0.05, 0) is 31.9 Å². The smallest absolute Gasteiger partial charge is 0.269 e. The molecule has 1 aromatic heterocycles. The molecule has 1 heterocycles. The molecule has 1 saturated carbocycles. The molecule has 1 aliphatic rings. The van der Waals surface area contributed by atoms with Crippen molar-refractivity contribution in [3.8, 4) is 11.4 Å². The van der Waals surface area contributed by atoms with E-state index in [4.69, 9.17) is 0 Å². The average Bonchev–Trinajstić information content (AvgIpc) is 2.96. The van der Waals surface area contributed by atoms with Crippen LogP contribution in [0.3, 0.4) is 0 Å². The molecule has 25 heavy (non-hydrogen) atoms. The van der Waals surface area contributed by atoms with Crippen LogP contribution in [0, 0.1) is 22.5 Å². The number of nitro groups is 1. The topological polar surface area (TPSA) is 101 Å². The van der Waals surface area contributed by atoms with E-state index in [1.54, 1.807) is 12.1 Å². The number of nitrogens with one attached hydrogen (secondary N) is 1. The Hall–Kier alpha value is -2.54. The van der Waals surface area contributed by atoms with Crippen LogP contribution in [0.4, 0.5) is 11.5 Å². The second-order valence-electron chi connectivity index (χ2n) is 6.92. The fourth-order valence-corrected chi connectivity index (χ4v) is 3.35. The third-order valence-electron chi connectivity index (χ3n) is 4.96. The van der Waals surface area contributed by atoms with Gasteiger partial charge in [-0.2, -0.15) is 0 Å². The van der Waals surface area contributed by atoms with Crippen molar-refractivity contribution < 1.29 is 10.0 Å². The highest BCUT2D eigenvalue weighted by Crippen LogP contribution is 2.39. The number of non-ortho nitro benzene ring substituents is 1. The summed E-state index contributed by atoms with van der Waals surface area (Å²) in [5.74, 6) is 1.24. The highest BCUT2D eigenvalue weighted by molar-refractivity contribution is 5.59. The Morgan fingerprint density at radius 1 is 1.36 bits per heavy atom. The Morgan fingerprint density at radius 2 is 2.08 bits per heavy atom. The Labute approximate surface area is 146 Å². The maximum absolute atomic E-state index is 10.8. The van der Waals surface area contributed by atoms with E-state index in [0.717, 1.165) is 30.5 Å². The van der Waals surface area contributed by atoms with Gasteiger partial charge in [-0.1, -0.05) is 13.3 Å². The van der Waals surface area contributed by atoms with Crippen LogP contribution in [0.25, 0.3) is 11.4 Å². The molecule has 0 spiro atoms. The van der Waals surface area contributed by atoms with E-state index < -0.39 is 4.92 Å². The molecule has 1 aromatic carbocycles. The number of anilines is 1. The van der Waals surface area contributed by atoms with Gasteiger partial charge < -0.3 is 10.4 Å². The molecular weight excluding hydrogens is 320 g/mol. The van der Waals surface area contributed by atoms with Crippen LogP contribution < -0.4 is 5.32 Å². The van der Waals surface area contributed by atoms with E-state index in [1.807, 2.05) is 13.0 Å². The van der Waals surface area contributed by atoms with Crippen LogP contribution in [0.1, 0.15) is 31.9 Å². The van der Waals surface area contributed by atoms with Crippen molar-refractivity contribution in [3.63, 3.8) is 0 Å². The highest BCUT2D eigenvalue weighted by Gasteiger charge is 2.38. The maximum Gasteiger partial charge on any atom is 0.269 e. The predicted octanol–water partition coefficient (Wildman–Crippen LogP) is 3.32. The second-order valence-corrected chi connectivity index (χ2v) is 6.92. The quantitative estimate of drug-likeness (QED) is 0.638. The summed E-state index contributed by atoms with van der Waals surface area (Å²) in [5.41, 5.74) is 1.44. The molecular formula is C18H22N4O3. The molecule has 2 N–H and O–H groups in total. The molecule has 0 radical (unpaired) electrons. The number of nitro benzene ring substituents is 1. The molecule has 7 nitrogen and oxygen atoms in total. The molecule has 132 valence electrons. The van der Waals surface area contributed by atoms with Gasteiger partial charge in [0.05, 0.1) is 11.5 Å². The van der Waals surface area contributed by atoms with Gasteiger partial charge >= 0.3 is 0 Å². The number of nitrogens with zero attached hydrogens (tertiary/aromatic N) is 3. The van der Waals surface area contributed by atoms with E-state index in [9.17, 15) is 15.2 Å². The minimum atomic E-state index is -0.427. The maximum atomic E-state index is 10.8. The molecule has 7 heteroatoms. The Bertz CT molecular complexity index is 778. The van der Waals surface area contributed by atoms with Crippen LogP contribution >= 0.6 is 0 Å².